The highest BCUT2D eigenvalue weighted by Crippen LogP contribution is 2.15. The Kier molecular flexibility index (Phi) is 2.11. The van der Waals surface area contributed by atoms with Gasteiger partial charge < -0.3 is 4.57 Å². The van der Waals surface area contributed by atoms with E-state index in [0.717, 1.165) is 22.2 Å². The fourth-order valence-electron chi connectivity index (χ4n) is 1.86. The largest absolute Gasteiger partial charge is 0.301 e. The van der Waals surface area contributed by atoms with Gasteiger partial charge in [0.15, 0.2) is 0 Å². The van der Waals surface area contributed by atoms with Gasteiger partial charge in [-0.05, 0) is 24.3 Å². The Labute approximate surface area is 97.0 Å². The monoisotopic (exact) mass is 221 g/mol. The van der Waals surface area contributed by atoms with Crippen LogP contribution in [0.1, 0.15) is 0 Å². The number of nitrogens with zero attached hydrogens (tertiary/aromatic N) is 2. The molecular formula is C13H9N2Si. The van der Waals surface area contributed by atoms with Gasteiger partial charge in [-0.2, -0.15) is 0 Å². The average molecular weight is 221 g/mol. The number of imidazole rings is 1. The number of rotatable bonds is 1. The SMILES string of the molecule is [Si]c1nc2ccccc2n1-c1ccccc1. The highest BCUT2D eigenvalue weighted by molar-refractivity contribution is 6.30. The van der Waals surface area contributed by atoms with E-state index in [2.05, 4.69) is 38.0 Å². The maximum atomic E-state index is 4.47. The second-order valence-electron chi connectivity index (χ2n) is 3.60. The van der Waals surface area contributed by atoms with E-state index in [1.165, 1.54) is 0 Å². The van der Waals surface area contributed by atoms with Gasteiger partial charge >= 0.3 is 0 Å². The van der Waals surface area contributed by atoms with Crippen molar-refractivity contribution in [2.24, 2.45) is 0 Å². The molecule has 1 aromatic heterocycles. The van der Waals surface area contributed by atoms with Crippen LogP contribution in [0.2, 0.25) is 0 Å². The van der Waals surface area contributed by atoms with Gasteiger partial charge in [0, 0.05) is 5.69 Å². The molecule has 0 atom stereocenters. The number of fused-ring (bicyclic) bond motifs is 1. The molecule has 3 radical (unpaired) electrons. The van der Waals surface area contributed by atoms with Crippen molar-refractivity contribution in [3.05, 3.63) is 54.6 Å². The number of para-hydroxylation sites is 3. The van der Waals surface area contributed by atoms with Crippen LogP contribution < -0.4 is 5.45 Å². The first-order valence-electron chi connectivity index (χ1n) is 5.11. The van der Waals surface area contributed by atoms with Gasteiger partial charge in [0.25, 0.3) is 0 Å². The minimum absolute atomic E-state index is 0.826. The lowest BCUT2D eigenvalue weighted by atomic mass is 10.3. The molecule has 3 heteroatoms. The Morgan fingerprint density at radius 1 is 0.875 bits per heavy atom. The van der Waals surface area contributed by atoms with Crippen LogP contribution in [0.15, 0.2) is 54.6 Å². The molecule has 0 saturated heterocycles. The molecule has 0 aliphatic rings. The van der Waals surface area contributed by atoms with E-state index in [-0.39, 0.29) is 0 Å². The Hall–Kier alpha value is -1.87. The van der Waals surface area contributed by atoms with Crippen molar-refractivity contribution in [1.82, 2.24) is 9.55 Å². The summed E-state index contributed by atoms with van der Waals surface area (Å²) >= 11 is 0. The number of hydrogen-bond donors (Lipinski definition) is 0. The third-order valence-electron chi connectivity index (χ3n) is 2.58. The summed E-state index contributed by atoms with van der Waals surface area (Å²) in [5.41, 5.74) is 4.05. The third kappa shape index (κ3) is 1.37. The first-order chi connectivity index (χ1) is 7.86. The molecule has 0 spiro atoms. The third-order valence-corrected chi connectivity index (χ3v) is 2.91. The molecule has 0 unspecified atom stereocenters. The van der Waals surface area contributed by atoms with Crippen LogP contribution in [0.25, 0.3) is 16.7 Å². The molecule has 1 heterocycles. The van der Waals surface area contributed by atoms with Gasteiger partial charge in [0.1, 0.15) is 10.2 Å². The molecule has 0 N–H and O–H groups in total. The van der Waals surface area contributed by atoms with Crippen LogP contribution in [0.3, 0.4) is 0 Å². The quantitative estimate of drug-likeness (QED) is 0.573. The fraction of sp³-hybridized carbons (Fsp3) is 0. The molecule has 0 fully saturated rings. The fourth-order valence-corrected chi connectivity index (χ4v) is 2.23. The van der Waals surface area contributed by atoms with Crippen LogP contribution in [0.5, 0.6) is 0 Å². The zero-order valence-corrected chi connectivity index (χ0v) is 9.59. The Morgan fingerprint density at radius 2 is 1.56 bits per heavy atom. The molecule has 16 heavy (non-hydrogen) atoms. The predicted octanol–water partition coefficient (Wildman–Crippen LogP) is 1.82. The van der Waals surface area contributed by atoms with Gasteiger partial charge in [-0.25, -0.2) is 4.98 Å². The summed E-state index contributed by atoms with van der Waals surface area (Å²) in [6.07, 6.45) is 0. The molecule has 2 aromatic carbocycles. The highest BCUT2D eigenvalue weighted by Gasteiger charge is 2.07. The van der Waals surface area contributed by atoms with Gasteiger partial charge in [-0.1, -0.05) is 30.3 Å². The summed E-state index contributed by atoms with van der Waals surface area (Å²) in [6, 6.07) is 18.3. The Morgan fingerprint density at radius 3 is 2.38 bits per heavy atom. The minimum atomic E-state index is 0.826. The van der Waals surface area contributed by atoms with E-state index in [0.29, 0.717) is 0 Å². The van der Waals surface area contributed by atoms with E-state index in [1.807, 2.05) is 36.4 Å². The lowest BCUT2D eigenvalue weighted by Gasteiger charge is -2.05. The van der Waals surface area contributed by atoms with Crippen molar-refractivity contribution >= 4 is 26.7 Å². The molecule has 0 aliphatic carbocycles. The standard InChI is InChI=1S/C13H9N2Si/c16-13-14-11-8-4-5-9-12(11)15(13)10-6-2-1-3-7-10/h1-9H. The van der Waals surface area contributed by atoms with Crippen molar-refractivity contribution < 1.29 is 0 Å². The van der Waals surface area contributed by atoms with Crippen molar-refractivity contribution in [2.75, 3.05) is 0 Å². The molecule has 3 rings (SSSR count). The molecule has 0 aliphatic heterocycles. The van der Waals surface area contributed by atoms with E-state index in [1.54, 1.807) is 0 Å². The summed E-state index contributed by atoms with van der Waals surface area (Å²) in [7, 11) is 3.55. The van der Waals surface area contributed by atoms with Crippen molar-refractivity contribution in [1.29, 1.82) is 0 Å². The van der Waals surface area contributed by atoms with Gasteiger partial charge in [-0.3, -0.25) is 0 Å². The van der Waals surface area contributed by atoms with E-state index >= 15 is 0 Å². The van der Waals surface area contributed by atoms with Gasteiger partial charge in [0.2, 0.25) is 0 Å². The van der Waals surface area contributed by atoms with Crippen LogP contribution in [0, 0.1) is 0 Å². The summed E-state index contributed by atoms with van der Waals surface area (Å²) in [4.78, 5) is 4.47. The highest BCUT2D eigenvalue weighted by atomic mass is 28.1. The van der Waals surface area contributed by atoms with E-state index in [4.69, 9.17) is 0 Å². The molecular weight excluding hydrogens is 212 g/mol. The van der Waals surface area contributed by atoms with Crippen LogP contribution >= 0.6 is 0 Å². The predicted molar refractivity (Wildman–Crippen MR) is 66.5 cm³/mol. The summed E-state index contributed by atoms with van der Waals surface area (Å²) in [5.74, 6) is 0. The molecule has 0 saturated carbocycles. The summed E-state index contributed by atoms with van der Waals surface area (Å²) in [6.45, 7) is 0. The van der Waals surface area contributed by atoms with Crippen molar-refractivity contribution in [3.63, 3.8) is 0 Å². The normalized spacial score (nSPS) is 10.8. The van der Waals surface area contributed by atoms with E-state index in [9.17, 15) is 0 Å². The topological polar surface area (TPSA) is 17.8 Å². The number of aromatic nitrogens is 2. The average Bonchev–Trinajstić information content (AvgIpc) is 2.66. The zero-order chi connectivity index (χ0) is 11.0. The van der Waals surface area contributed by atoms with Crippen molar-refractivity contribution in [2.45, 2.75) is 0 Å². The summed E-state index contributed by atoms with van der Waals surface area (Å²) in [5, 5.41) is 0. The minimum Gasteiger partial charge on any atom is -0.301 e. The lowest BCUT2D eigenvalue weighted by Crippen LogP contribution is -2.17. The molecule has 3 aromatic rings. The summed E-state index contributed by atoms with van der Waals surface area (Å²) < 4.78 is 2.09. The van der Waals surface area contributed by atoms with Gasteiger partial charge in [-0.15, -0.1) is 0 Å². The lowest BCUT2D eigenvalue weighted by molar-refractivity contribution is 1.15. The molecule has 2 nitrogen and oxygen atoms in total. The van der Waals surface area contributed by atoms with Gasteiger partial charge in [0.05, 0.1) is 16.5 Å². The first kappa shape index (κ1) is 9.36. The zero-order valence-electron chi connectivity index (χ0n) is 8.59. The second kappa shape index (κ2) is 3.61. The Bertz CT molecular complexity index is 629. The number of benzene rings is 2. The molecule has 0 bridgehead atoms. The number of hydrogen-bond acceptors (Lipinski definition) is 1. The van der Waals surface area contributed by atoms with Crippen LogP contribution in [0.4, 0.5) is 0 Å². The van der Waals surface area contributed by atoms with Crippen molar-refractivity contribution in [3.8, 4) is 5.69 Å². The molecule has 0 amide bonds. The smallest absolute Gasteiger partial charge is 0.126 e. The Balaban J connectivity index is 2.35. The first-order valence-corrected chi connectivity index (χ1v) is 5.61. The maximum Gasteiger partial charge on any atom is 0.126 e. The van der Waals surface area contributed by atoms with Crippen LogP contribution in [-0.4, -0.2) is 19.8 Å². The second-order valence-corrected chi connectivity index (χ2v) is 4.04. The van der Waals surface area contributed by atoms with E-state index < -0.39 is 0 Å². The molecule has 75 valence electrons. The maximum absolute atomic E-state index is 4.47. The van der Waals surface area contributed by atoms with Crippen LogP contribution in [-0.2, 0) is 0 Å².